The van der Waals surface area contributed by atoms with Crippen LogP contribution in [0.4, 0.5) is 19.0 Å². The summed E-state index contributed by atoms with van der Waals surface area (Å²) in [4.78, 5) is 8.06. The average Bonchev–Trinajstić information content (AvgIpc) is 2.99. The molecule has 0 fully saturated rings. The normalized spacial score (nSPS) is 11.2. The molecule has 118 valence electrons. The summed E-state index contributed by atoms with van der Waals surface area (Å²) in [7, 11) is 0. The minimum Gasteiger partial charge on any atom is -0.383 e. The van der Waals surface area contributed by atoms with Crippen LogP contribution >= 0.6 is 0 Å². The number of alkyl halides is 2. The van der Waals surface area contributed by atoms with Crippen LogP contribution in [0, 0.1) is 12.7 Å². The lowest BCUT2D eigenvalue weighted by Crippen LogP contribution is -1.94. The van der Waals surface area contributed by atoms with Crippen LogP contribution in [0.3, 0.4) is 0 Å². The molecule has 3 aromatic rings. The number of nitrogen functional groups attached to an aromatic ring is 1. The maximum Gasteiger partial charge on any atom is 0.263 e. The fraction of sp³-hybridized carbons (Fsp3) is 0.133. The summed E-state index contributed by atoms with van der Waals surface area (Å²) < 4.78 is 44.0. The number of hydrogen-bond donors (Lipinski definition) is 1. The molecule has 23 heavy (non-hydrogen) atoms. The number of aryl methyl sites for hydroxylation is 1. The zero-order chi connectivity index (χ0) is 16.6. The highest BCUT2D eigenvalue weighted by molar-refractivity contribution is 5.62. The predicted molar refractivity (Wildman–Crippen MR) is 77.0 cm³/mol. The van der Waals surface area contributed by atoms with Gasteiger partial charge in [0.25, 0.3) is 12.3 Å². The summed E-state index contributed by atoms with van der Waals surface area (Å²) in [5.74, 6) is -0.378. The van der Waals surface area contributed by atoms with Gasteiger partial charge in [-0.3, -0.25) is 0 Å². The van der Waals surface area contributed by atoms with Crippen LogP contribution in [0.15, 0.2) is 35.0 Å². The predicted octanol–water partition coefficient (Wildman–Crippen LogP) is 3.77. The molecule has 0 aliphatic heterocycles. The van der Waals surface area contributed by atoms with Gasteiger partial charge in [-0.2, -0.15) is 4.98 Å². The van der Waals surface area contributed by atoms with Gasteiger partial charge in [-0.15, -0.1) is 0 Å². The van der Waals surface area contributed by atoms with Gasteiger partial charge in [0.05, 0.1) is 5.56 Å². The molecule has 0 saturated heterocycles. The monoisotopic (exact) mass is 320 g/mol. The Bertz CT molecular complexity index is 864. The number of pyridine rings is 1. The summed E-state index contributed by atoms with van der Waals surface area (Å²) >= 11 is 0. The van der Waals surface area contributed by atoms with E-state index in [0.717, 1.165) is 17.7 Å². The Hall–Kier alpha value is -2.90. The lowest BCUT2D eigenvalue weighted by Gasteiger charge is -2.02. The Morgan fingerprint density at radius 3 is 2.65 bits per heavy atom. The maximum atomic E-state index is 13.9. The van der Waals surface area contributed by atoms with E-state index in [2.05, 4.69) is 15.1 Å². The van der Waals surface area contributed by atoms with Gasteiger partial charge in [-0.1, -0.05) is 11.2 Å². The molecule has 0 bridgehead atoms. The van der Waals surface area contributed by atoms with Crippen LogP contribution in [0.1, 0.15) is 17.6 Å². The number of halogens is 3. The third-order valence-corrected chi connectivity index (χ3v) is 3.28. The SMILES string of the molecule is Cc1cc(-c2noc(-c3ccc(C(F)F)cc3F)n2)cnc1N. The molecule has 3 rings (SSSR count). The first kappa shape index (κ1) is 15.0. The molecule has 0 radical (unpaired) electrons. The second-order valence-electron chi connectivity index (χ2n) is 4.89. The van der Waals surface area contributed by atoms with Crippen molar-refractivity contribution in [3.8, 4) is 22.8 Å². The average molecular weight is 320 g/mol. The smallest absolute Gasteiger partial charge is 0.263 e. The van der Waals surface area contributed by atoms with Crippen LogP contribution in [-0.2, 0) is 0 Å². The van der Waals surface area contributed by atoms with E-state index in [1.54, 1.807) is 13.0 Å². The molecular weight excluding hydrogens is 309 g/mol. The van der Waals surface area contributed by atoms with Gasteiger partial charge in [0.1, 0.15) is 11.6 Å². The van der Waals surface area contributed by atoms with Gasteiger partial charge in [-0.05, 0) is 30.7 Å². The van der Waals surface area contributed by atoms with Gasteiger partial charge in [0.2, 0.25) is 5.82 Å². The molecule has 0 aliphatic carbocycles. The summed E-state index contributed by atoms with van der Waals surface area (Å²) in [6.45, 7) is 1.77. The Morgan fingerprint density at radius 2 is 2.00 bits per heavy atom. The fourth-order valence-corrected chi connectivity index (χ4v) is 2.00. The summed E-state index contributed by atoms with van der Waals surface area (Å²) in [5, 5.41) is 3.75. The van der Waals surface area contributed by atoms with E-state index < -0.39 is 17.8 Å². The largest absolute Gasteiger partial charge is 0.383 e. The molecule has 0 atom stereocenters. The lowest BCUT2D eigenvalue weighted by molar-refractivity contribution is 0.151. The van der Waals surface area contributed by atoms with Crippen LogP contribution in [0.5, 0.6) is 0 Å². The van der Waals surface area contributed by atoms with Gasteiger partial charge in [-0.25, -0.2) is 18.2 Å². The van der Waals surface area contributed by atoms with Crippen molar-refractivity contribution in [3.05, 3.63) is 47.4 Å². The zero-order valence-corrected chi connectivity index (χ0v) is 11.9. The third kappa shape index (κ3) is 2.87. The van der Waals surface area contributed by atoms with Gasteiger partial charge in [0, 0.05) is 17.3 Å². The van der Waals surface area contributed by atoms with Crippen molar-refractivity contribution in [2.75, 3.05) is 5.73 Å². The summed E-state index contributed by atoms with van der Waals surface area (Å²) in [5.41, 5.74) is 6.46. The van der Waals surface area contributed by atoms with E-state index >= 15 is 0 Å². The van der Waals surface area contributed by atoms with Gasteiger partial charge < -0.3 is 10.3 Å². The fourth-order valence-electron chi connectivity index (χ4n) is 2.00. The van der Waals surface area contributed by atoms with E-state index in [1.165, 1.54) is 12.3 Å². The first-order chi connectivity index (χ1) is 11.0. The van der Waals surface area contributed by atoms with Crippen LogP contribution in [0.2, 0.25) is 0 Å². The molecule has 0 amide bonds. The van der Waals surface area contributed by atoms with Crippen molar-refractivity contribution in [2.24, 2.45) is 0 Å². The molecule has 2 N–H and O–H groups in total. The highest BCUT2D eigenvalue weighted by Gasteiger charge is 2.17. The Balaban J connectivity index is 1.97. The highest BCUT2D eigenvalue weighted by atomic mass is 19.3. The number of anilines is 1. The number of rotatable bonds is 3. The van der Waals surface area contributed by atoms with Crippen molar-refractivity contribution in [2.45, 2.75) is 13.3 Å². The number of benzene rings is 1. The van der Waals surface area contributed by atoms with Crippen molar-refractivity contribution < 1.29 is 17.7 Å². The van der Waals surface area contributed by atoms with E-state index in [0.29, 0.717) is 11.4 Å². The number of hydrogen-bond acceptors (Lipinski definition) is 5. The van der Waals surface area contributed by atoms with Crippen LogP contribution in [-0.4, -0.2) is 15.1 Å². The minimum absolute atomic E-state index is 0.0479. The Labute approximate surface area is 129 Å². The Morgan fingerprint density at radius 1 is 1.22 bits per heavy atom. The van der Waals surface area contributed by atoms with E-state index in [1.807, 2.05) is 0 Å². The molecule has 1 aromatic carbocycles. The second-order valence-corrected chi connectivity index (χ2v) is 4.89. The van der Waals surface area contributed by atoms with Crippen molar-refractivity contribution in [1.29, 1.82) is 0 Å². The number of aromatic nitrogens is 3. The summed E-state index contributed by atoms with van der Waals surface area (Å²) in [6.07, 6.45) is -1.28. The summed E-state index contributed by atoms with van der Waals surface area (Å²) in [6, 6.07) is 4.76. The molecule has 2 heterocycles. The molecule has 2 aromatic heterocycles. The van der Waals surface area contributed by atoms with Crippen molar-refractivity contribution in [1.82, 2.24) is 15.1 Å². The van der Waals surface area contributed by atoms with E-state index in [9.17, 15) is 13.2 Å². The molecule has 0 spiro atoms. The van der Waals surface area contributed by atoms with Gasteiger partial charge in [0.15, 0.2) is 0 Å². The van der Waals surface area contributed by atoms with Crippen LogP contribution in [0.25, 0.3) is 22.8 Å². The zero-order valence-electron chi connectivity index (χ0n) is 11.9. The van der Waals surface area contributed by atoms with Gasteiger partial charge >= 0.3 is 0 Å². The van der Waals surface area contributed by atoms with Crippen molar-refractivity contribution >= 4 is 5.82 Å². The topological polar surface area (TPSA) is 77.8 Å². The molecule has 0 unspecified atom stereocenters. The van der Waals surface area contributed by atoms with Crippen molar-refractivity contribution in [3.63, 3.8) is 0 Å². The molecule has 8 heteroatoms. The van der Waals surface area contributed by atoms with E-state index in [4.69, 9.17) is 10.3 Å². The third-order valence-electron chi connectivity index (χ3n) is 3.28. The minimum atomic E-state index is -2.75. The number of nitrogens with zero attached hydrogens (tertiary/aromatic N) is 3. The maximum absolute atomic E-state index is 13.9. The quantitative estimate of drug-likeness (QED) is 0.795. The van der Waals surface area contributed by atoms with E-state index in [-0.39, 0.29) is 17.3 Å². The standard InChI is InChI=1S/C15H11F3N4O/c1-7-4-9(6-20-13(7)19)14-21-15(23-22-14)10-3-2-8(12(17)18)5-11(10)16/h2-6,12H,1H3,(H2,19,20). The molecule has 0 saturated carbocycles. The van der Waals surface area contributed by atoms with Crippen LogP contribution < -0.4 is 5.73 Å². The first-order valence-electron chi connectivity index (χ1n) is 6.60. The lowest BCUT2D eigenvalue weighted by atomic mass is 10.1. The molecule has 0 aliphatic rings. The first-order valence-corrected chi connectivity index (χ1v) is 6.60. The molecular formula is C15H11F3N4O. The molecule has 5 nitrogen and oxygen atoms in total. The Kier molecular flexibility index (Phi) is 3.73. The second kappa shape index (κ2) is 5.71. The highest BCUT2D eigenvalue weighted by Crippen LogP contribution is 2.28. The number of nitrogens with two attached hydrogens (primary N) is 1.